The Balaban J connectivity index is 1.89. The van der Waals surface area contributed by atoms with Crippen LogP contribution in [-0.2, 0) is 0 Å². The van der Waals surface area contributed by atoms with Gasteiger partial charge in [-0.1, -0.05) is 60.7 Å². The van der Waals surface area contributed by atoms with Crippen molar-refractivity contribution in [2.24, 2.45) is 4.99 Å². The molecular formula is C24H15BrN2O3. The first-order chi connectivity index (χ1) is 14.6. The molecule has 4 aromatic rings. The topological polar surface area (TPSA) is 89.8 Å². The van der Waals surface area contributed by atoms with E-state index in [1.165, 1.54) is 18.3 Å². The Morgan fingerprint density at radius 3 is 2.17 bits per heavy atom. The van der Waals surface area contributed by atoms with Crippen LogP contribution in [0, 0.1) is 11.3 Å². The van der Waals surface area contributed by atoms with Gasteiger partial charge in [0.25, 0.3) is 0 Å². The molecule has 1 heterocycles. The first kappa shape index (κ1) is 19.5. The van der Waals surface area contributed by atoms with Gasteiger partial charge >= 0.3 is 0 Å². The maximum Gasteiger partial charge on any atom is 0.238 e. The van der Waals surface area contributed by atoms with Gasteiger partial charge in [-0.25, -0.2) is 4.99 Å². The van der Waals surface area contributed by atoms with E-state index in [2.05, 4.69) is 27.0 Å². The lowest BCUT2D eigenvalue weighted by molar-refractivity contribution is 0.448. The van der Waals surface area contributed by atoms with E-state index in [0.717, 1.165) is 11.1 Å². The van der Waals surface area contributed by atoms with Crippen LogP contribution in [0.3, 0.4) is 0 Å². The molecule has 0 aliphatic rings. The van der Waals surface area contributed by atoms with Crippen molar-refractivity contribution in [2.45, 2.75) is 0 Å². The lowest BCUT2D eigenvalue weighted by Gasteiger charge is -2.03. The maximum absolute atomic E-state index is 10.1. The van der Waals surface area contributed by atoms with Crippen LogP contribution in [-0.4, -0.2) is 16.4 Å². The largest absolute Gasteiger partial charge is 0.507 e. The zero-order valence-corrected chi connectivity index (χ0v) is 17.2. The molecule has 146 valence electrons. The van der Waals surface area contributed by atoms with Crippen LogP contribution < -0.4 is 0 Å². The Kier molecular flexibility index (Phi) is 5.38. The summed E-state index contributed by atoms with van der Waals surface area (Å²) in [6, 6.07) is 24.0. The second-order valence-corrected chi connectivity index (χ2v) is 7.31. The van der Waals surface area contributed by atoms with Crippen molar-refractivity contribution in [3.05, 3.63) is 88.4 Å². The average molecular weight is 459 g/mol. The molecule has 0 fully saturated rings. The monoisotopic (exact) mass is 458 g/mol. The number of furan rings is 1. The fraction of sp³-hybridized carbons (Fsp3) is 0. The number of nitriles is 1. The number of phenols is 2. The SMILES string of the molecule is N#Cc1c(N=Cc2cc(Br)c(O)cc2O)oc(-c2ccccc2)c1-c1ccccc1. The molecule has 0 saturated heterocycles. The molecule has 2 N–H and O–H groups in total. The van der Waals surface area contributed by atoms with Crippen LogP contribution in [0.2, 0.25) is 0 Å². The number of halogens is 1. The summed E-state index contributed by atoms with van der Waals surface area (Å²) in [5, 5.41) is 29.6. The van der Waals surface area contributed by atoms with E-state index >= 15 is 0 Å². The quantitative estimate of drug-likeness (QED) is 0.345. The number of hydrogen-bond donors (Lipinski definition) is 2. The molecule has 0 saturated carbocycles. The minimum absolute atomic E-state index is 0.0851. The predicted octanol–water partition coefficient (Wildman–Crippen LogP) is 6.41. The number of aromatic hydroxyl groups is 2. The molecule has 1 aromatic heterocycles. The molecule has 5 nitrogen and oxygen atoms in total. The molecular weight excluding hydrogens is 444 g/mol. The van der Waals surface area contributed by atoms with Crippen LogP contribution in [0.1, 0.15) is 11.1 Å². The molecule has 6 heteroatoms. The molecule has 0 bridgehead atoms. The summed E-state index contributed by atoms with van der Waals surface area (Å²) in [6.07, 6.45) is 1.39. The number of phenolic OH excluding ortho intramolecular Hbond substituents is 2. The minimum Gasteiger partial charge on any atom is -0.507 e. The fourth-order valence-electron chi connectivity index (χ4n) is 3.08. The van der Waals surface area contributed by atoms with Crippen molar-refractivity contribution in [3.8, 4) is 40.0 Å². The smallest absolute Gasteiger partial charge is 0.238 e. The van der Waals surface area contributed by atoms with Gasteiger partial charge in [-0.05, 0) is 27.6 Å². The Morgan fingerprint density at radius 2 is 1.53 bits per heavy atom. The van der Waals surface area contributed by atoms with Crippen LogP contribution in [0.4, 0.5) is 5.88 Å². The van der Waals surface area contributed by atoms with Crippen molar-refractivity contribution in [2.75, 3.05) is 0 Å². The third-order valence-electron chi connectivity index (χ3n) is 4.52. The molecule has 4 rings (SSSR count). The van der Waals surface area contributed by atoms with Gasteiger partial charge < -0.3 is 14.6 Å². The Morgan fingerprint density at radius 1 is 0.900 bits per heavy atom. The number of hydrogen-bond acceptors (Lipinski definition) is 5. The van der Waals surface area contributed by atoms with E-state index in [-0.39, 0.29) is 17.4 Å². The second kappa shape index (κ2) is 8.27. The summed E-state index contributed by atoms with van der Waals surface area (Å²) in [4.78, 5) is 4.33. The molecule has 0 amide bonds. The number of rotatable bonds is 4. The molecule has 3 aromatic carbocycles. The normalized spacial score (nSPS) is 10.9. The summed E-state index contributed by atoms with van der Waals surface area (Å²) in [6.45, 7) is 0. The summed E-state index contributed by atoms with van der Waals surface area (Å²) in [5.74, 6) is 0.453. The zero-order valence-electron chi connectivity index (χ0n) is 15.6. The average Bonchev–Trinajstić information content (AvgIpc) is 3.15. The van der Waals surface area contributed by atoms with Crippen molar-refractivity contribution in [1.29, 1.82) is 5.26 Å². The van der Waals surface area contributed by atoms with Gasteiger partial charge in [0.1, 0.15) is 28.9 Å². The third-order valence-corrected chi connectivity index (χ3v) is 5.15. The predicted molar refractivity (Wildman–Crippen MR) is 119 cm³/mol. The molecule has 0 atom stereocenters. The van der Waals surface area contributed by atoms with Crippen LogP contribution >= 0.6 is 15.9 Å². The van der Waals surface area contributed by atoms with Gasteiger partial charge in [-0.15, -0.1) is 0 Å². The fourth-order valence-corrected chi connectivity index (χ4v) is 3.45. The summed E-state index contributed by atoms with van der Waals surface area (Å²) in [5.41, 5.74) is 2.99. The second-order valence-electron chi connectivity index (χ2n) is 6.45. The van der Waals surface area contributed by atoms with E-state index in [1.807, 2.05) is 60.7 Å². The van der Waals surface area contributed by atoms with Gasteiger partial charge in [0, 0.05) is 29.0 Å². The molecule has 0 spiro atoms. The number of aliphatic imine (C=N–C) groups is 1. The van der Waals surface area contributed by atoms with E-state index in [0.29, 0.717) is 26.9 Å². The van der Waals surface area contributed by atoms with Gasteiger partial charge in [0.15, 0.2) is 0 Å². The Labute approximate surface area is 181 Å². The van der Waals surface area contributed by atoms with Crippen LogP contribution in [0.15, 0.2) is 86.7 Å². The van der Waals surface area contributed by atoms with Crippen LogP contribution in [0.5, 0.6) is 11.5 Å². The van der Waals surface area contributed by atoms with Crippen molar-refractivity contribution >= 4 is 28.0 Å². The van der Waals surface area contributed by atoms with E-state index < -0.39 is 0 Å². The molecule has 0 aliphatic heterocycles. The highest BCUT2D eigenvalue weighted by atomic mass is 79.9. The van der Waals surface area contributed by atoms with Crippen molar-refractivity contribution in [3.63, 3.8) is 0 Å². The lowest BCUT2D eigenvalue weighted by atomic mass is 9.98. The molecule has 0 radical (unpaired) electrons. The zero-order chi connectivity index (χ0) is 21.1. The van der Waals surface area contributed by atoms with Gasteiger partial charge in [0.2, 0.25) is 5.88 Å². The third kappa shape index (κ3) is 3.71. The maximum atomic E-state index is 10.1. The highest BCUT2D eigenvalue weighted by Gasteiger charge is 2.22. The Hall–Kier alpha value is -3.82. The summed E-state index contributed by atoms with van der Waals surface area (Å²) < 4.78 is 6.44. The van der Waals surface area contributed by atoms with Crippen LogP contribution in [0.25, 0.3) is 22.5 Å². The highest BCUT2D eigenvalue weighted by Crippen LogP contribution is 2.42. The summed E-state index contributed by atoms with van der Waals surface area (Å²) in [7, 11) is 0. The van der Waals surface area contributed by atoms with Crippen molar-refractivity contribution < 1.29 is 14.6 Å². The van der Waals surface area contributed by atoms with E-state index in [9.17, 15) is 15.5 Å². The first-order valence-corrected chi connectivity index (χ1v) is 9.81. The van der Waals surface area contributed by atoms with Gasteiger partial charge in [0.05, 0.1) is 4.47 Å². The highest BCUT2D eigenvalue weighted by molar-refractivity contribution is 9.10. The molecule has 0 aliphatic carbocycles. The Bertz CT molecular complexity index is 1270. The molecule has 30 heavy (non-hydrogen) atoms. The number of nitrogens with zero attached hydrogens (tertiary/aromatic N) is 2. The summed E-state index contributed by atoms with van der Waals surface area (Å²) >= 11 is 3.21. The van der Waals surface area contributed by atoms with Gasteiger partial charge in [-0.2, -0.15) is 5.26 Å². The first-order valence-electron chi connectivity index (χ1n) is 9.01. The number of benzene rings is 3. The van der Waals surface area contributed by atoms with E-state index in [1.54, 1.807) is 0 Å². The minimum atomic E-state index is -0.143. The lowest BCUT2D eigenvalue weighted by Crippen LogP contribution is -1.84. The van der Waals surface area contributed by atoms with Crippen molar-refractivity contribution in [1.82, 2.24) is 0 Å². The van der Waals surface area contributed by atoms with Gasteiger partial charge in [-0.3, -0.25) is 0 Å². The standard InChI is InChI=1S/C24H15BrN2O3/c25-19-11-17(20(28)12-21(19)29)14-27-24-18(13-26)22(15-7-3-1-4-8-15)23(30-24)16-9-5-2-6-10-16/h1-12,14,28-29H. The molecule has 0 unspecified atom stereocenters. The van der Waals surface area contributed by atoms with E-state index in [4.69, 9.17) is 4.42 Å².